The molecule has 2 N–H and O–H groups in total. The molecule has 0 bridgehead atoms. The summed E-state index contributed by atoms with van der Waals surface area (Å²) in [6, 6.07) is 5.47. The Morgan fingerprint density at radius 2 is 2.05 bits per heavy atom. The van der Waals surface area contributed by atoms with Gasteiger partial charge >= 0.3 is 5.97 Å². The molecular formula is C14H17NO3S. The van der Waals surface area contributed by atoms with Gasteiger partial charge in [0.05, 0.1) is 10.6 Å². The van der Waals surface area contributed by atoms with E-state index >= 15 is 0 Å². The number of nitrogen functional groups attached to an aromatic ring is 1. The monoisotopic (exact) mass is 279 g/mol. The number of carbonyl (C=O) groups excluding carboxylic acids is 1. The number of furan rings is 1. The summed E-state index contributed by atoms with van der Waals surface area (Å²) in [5, 5.41) is 0. The van der Waals surface area contributed by atoms with Gasteiger partial charge in [-0.15, -0.1) is 11.3 Å². The highest BCUT2D eigenvalue weighted by atomic mass is 32.1. The van der Waals surface area contributed by atoms with Crippen molar-refractivity contribution in [2.75, 3.05) is 5.73 Å². The van der Waals surface area contributed by atoms with Gasteiger partial charge in [-0.3, -0.25) is 0 Å². The van der Waals surface area contributed by atoms with Gasteiger partial charge in [-0.25, -0.2) is 4.79 Å². The van der Waals surface area contributed by atoms with Crippen molar-refractivity contribution in [3.63, 3.8) is 0 Å². The van der Waals surface area contributed by atoms with Crippen molar-refractivity contribution in [3.05, 3.63) is 28.8 Å². The largest absolute Gasteiger partial charge is 0.461 e. The quantitative estimate of drug-likeness (QED) is 0.848. The second kappa shape index (κ2) is 4.74. The summed E-state index contributed by atoms with van der Waals surface area (Å²) in [4.78, 5) is 13.2. The fourth-order valence-electron chi connectivity index (χ4n) is 1.58. The van der Waals surface area contributed by atoms with Crippen LogP contribution in [0.2, 0.25) is 0 Å². The van der Waals surface area contributed by atoms with Crippen LogP contribution in [0.4, 0.5) is 5.69 Å². The Balaban J connectivity index is 2.29. The smallest absolute Gasteiger partial charge is 0.350 e. The maximum atomic E-state index is 12.0. The van der Waals surface area contributed by atoms with Crippen molar-refractivity contribution in [3.8, 4) is 10.6 Å². The summed E-state index contributed by atoms with van der Waals surface area (Å²) in [6.45, 7) is 7.34. The van der Waals surface area contributed by atoms with E-state index < -0.39 is 11.6 Å². The molecule has 0 atom stereocenters. The molecule has 2 aromatic rings. The molecule has 102 valence electrons. The molecule has 19 heavy (non-hydrogen) atoms. The number of hydrogen-bond donors (Lipinski definition) is 1. The Morgan fingerprint density at radius 1 is 1.37 bits per heavy atom. The maximum Gasteiger partial charge on any atom is 0.350 e. The minimum atomic E-state index is -0.533. The van der Waals surface area contributed by atoms with E-state index in [9.17, 15) is 4.79 Å². The third kappa shape index (κ3) is 3.17. The SMILES string of the molecule is Cc1ccc(-c2cc(N)c(C(=O)OC(C)(C)C)s2)o1. The molecule has 0 saturated heterocycles. The van der Waals surface area contributed by atoms with Gasteiger partial charge in [0.2, 0.25) is 0 Å². The van der Waals surface area contributed by atoms with E-state index in [1.807, 2.05) is 39.8 Å². The van der Waals surface area contributed by atoms with Gasteiger partial charge in [0, 0.05) is 0 Å². The van der Waals surface area contributed by atoms with Crippen LogP contribution in [0.3, 0.4) is 0 Å². The fourth-order valence-corrected chi connectivity index (χ4v) is 2.50. The van der Waals surface area contributed by atoms with Crippen LogP contribution in [-0.4, -0.2) is 11.6 Å². The summed E-state index contributed by atoms with van der Waals surface area (Å²) in [5.74, 6) is 1.13. The average molecular weight is 279 g/mol. The van der Waals surface area contributed by atoms with Crippen LogP contribution < -0.4 is 5.73 Å². The van der Waals surface area contributed by atoms with Gasteiger partial charge in [0.15, 0.2) is 0 Å². The molecule has 4 nitrogen and oxygen atoms in total. The zero-order valence-corrected chi connectivity index (χ0v) is 12.3. The van der Waals surface area contributed by atoms with Crippen molar-refractivity contribution in [1.29, 1.82) is 0 Å². The standard InChI is InChI=1S/C14H17NO3S/c1-8-5-6-10(17-8)11-7-9(15)12(19-11)13(16)18-14(2,3)4/h5-7H,15H2,1-4H3. The molecular weight excluding hydrogens is 262 g/mol. The number of rotatable bonds is 2. The summed E-state index contributed by atoms with van der Waals surface area (Å²) < 4.78 is 10.8. The molecule has 0 radical (unpaired) electrons. The lowest BCUT2D eigenvalue weighted by Crippen LogP contribution is -2.23. The summed E-state index contributed by atoms with van der Waals surface area (Å²) >= 11 is 1.28. The van der Waals surface area contributed by atoms with Crippen LogP contribution >= 0.6 is 11.3 Å². The van der Waals surface area contributed by atoms with Gasteiger partial charge in [-0.1, -0.05) is 0 Å². The number of hydrogen-bond acceptors (Lipinski definition) is 5. The van der Waals surface area contributed by atoms with E-state index in [0.717, 1.165) is 10.6 Å². The normalized spacial score (nSPS) is 11.6. The number of esters is 1. The van der Waals surface area contributed by atoms with Gasteiger partial charge in [0.1, 0.15) is 22.0 Å². The lowest BCUT2D eigenvalue weighted by molar-refractivity contribution is 0.00764. The molecule has 0 spiro atoms. The molecule has 2 heterocycles. The summed E-state index contributed by atoms with van der Waals surface area (Å²) in [5.41, 5.74) is 5.76. The highest BCUT2D eigenvalue weighted by Gasteiger charge is 2.23. The number of aryl methyl sites for hydroxylation is 1. The molecule has 2 aromatic heterocycles. The third-order valence-electron chi connectivity index (χ3n) is 2.33. The van der Waals surface area contributed by atoms with E-state index in [4.69, 9.17) is 14.9 Å². The highest BCUT2D eigenvalue weighted by molar-refractivity contribution is 7.17. The van der Waals surface area contributed by atoms with E-state index in [2.05, 4.69) is 0 Å². The first-order chi connectivity index (χ1) is 8.76. The molecule has 0 saturated carbocycles. The minimum Gasteiger partial charge on any atom is -0.461 e. The van der Waals surface area contributed by atoms with Gasteiger partial charge in [0.25, 0.3) is 0 Å². The predicted molar refractivity (Wildman–Crippen MR) is 76.3 cm³/mol. The molecule has 0 unspecified atom stereocenters. The number of carbonyl (C=O) groups is 1. The predicted octanol–water partition coefficient (Wildman–Crippen LogP) is 3.85. The zero-order valence-electron chi connectivity index (χ0n) is 11.4. The van der Waals surface area contributed by atoms with E-state index in [1.165, 1.54) is 11.3 Å². The van der Waals surface area contributed by atoms with Crippen molar-refractivity contribution in [1.82, 2.24) is 0 Å². The number of thiophene rings is 1. The Bertz CT molecular complexity index is 604. The molecule has 0 aliphatic heterocycles. The second-order valence-corrected chi connectivity index (χ2v) is 6.36. The van der Waals surface area contributed by atoms with Crippen LogP contribution in [-0.2, 0) is 4.74 Å². The Kier molecular flexibility index (Phi) is 3.41. The first-order valence-corrected chi connectivity index (χ1v) is 6.77. The first-order valence-electron chi connectivity index (χ1n) is 5.96. The molecule has 5 heteroatoms. The number of nitrogens with two attached hydrogens (primary N) is 1. The molecule has 2 rings (SSSR count). The second-order valence-electron chi connectivity index (χ2n) is 5.31. The Morgan fingerprint density at radius 3 is 2.58 bits per heavy atom. The van der Waals surface area contributed by atoms with E-state index in [0.29, 0.717) is 16.3 Å². The van der Waals surface area contributed by atoms with Crippen molar-refractivity contribution in [2.45, 2.75) is 33.3 Å². The van der Waals surface area contributed by atoms with E-state index in [-0.39, 0.29) is 0 Å². The lowest BCUT2D eigenvalue weighted by Gasteiger charge is -2.18. The minimum absolute atomic E-state index is 0.399. The summed E-state index contributed by atoms with van der Waals surface area (Å²) in [6.07, 6.45) is 0. The van der Waals surface area contributed by atoms with Crippen LogP contribution in [0, 0.1) is 6.92 Å². The molecule has 0 aliphatic carbocycles. The van der Waals surface area contributed by atoms with Crippen LogP contribution in [0.15, 0.2) is 22.6 Å². The zero-order chi connectivity index (χ0) is 14.2. The maximum absolute atomic E-state index is 12.0. The number of anilines is 1. The Labute approximate surface area is 116 Å². The van der Waals surface area contributed by atoms with Gasteiger partial charge < -0.3 is 14.9 Å². The molecule has 0 aromatic carbocycles. The molecule has 0 amide bonds. The van der Waals surface area contributed by atoms with Gasteiger partial charge in [-0.2, -0.15) is 0 Å². The van der Waals surface area contributed by atoms with Crippen molar-refractivity contribution < 1.29 is 13.9 Å². The van der Waals surface area contributed by atoms with Gasteiger partial charge in [-0.05, 0) is 45.9 Å². The van der Waals surface area contributed by atoms with Crippen LogP contribution in [0.5, 0.6) is 0 Å². The number of ether oxygens (including phenoxy) is 1. The third-order valence-corrected chi connectivity index (χ3v) is 3.47. The van der Waals surface area contributed by atoms with E-state index in [1.54, 1.807) is 6.07 Å². The van der Waals surface area contributed by atoms with Crippen molar-refractivity contribution in [2.24, 2.45) is 0 Å². The highest BCUT2D eigenvalue weighted by Crippen LogP contribution is 2.35. The fraction of sp³-hybridized carbons (Fsp3) is 0.357. The average Bonchev–Trinajstić information content (AvgIpc) is 2.82. The molecule has 0 fully saturated rings. The first kappa shape index (κ1) is 13.7. The Hall–Kier alpha value is -1.75. The topological polar surface area (TPSA) is 65.5 Å². The van der Waals surface area contributed by atoms with Crippen LogP contribution in [0.1, 0.15) is 36.2 Å². The summed E-state index contributed by atoms with van der Waals surface area (Å²) in [7, 11) is 0. The van der Waals surface area contributed by atoms with Crippen molar-refractivity contribution >= 4 is 23.0 Å². The molecule has 0 aliphatic rings. The lowest BCUT2D eigenvalue weighted by atomic mass is 10.2. The van der Waals surface area contributed by atoms with Crippen LogP contribution in [0.25, 0.3) is 10.6 Å².